The number of carbonyl (C=O) groups is 1. The van der Waals surface area contributed by atoms with Gasteiger partial charge in [0, 0.05) is 11.6 Å². The highest BCUT2D eigenvalue weighted by Crippen LogP contribution is 2.57. The molecule has 134 valence electrons. The van der Waals surface area contributed by atoms with Gasteiger partial charge in [-0.2, -0.15) is 5.01 Å². The van der Waals surface area contributed by atoms with Crippen LogP contribution in [0.15, 0.2) is 24.3 Å². The van der Waals surface area contributed by atoms with Crippen molar-refractivity contribution in [1.29, 1.82) is 0 Å². The minimum absolute atomic E-state index is 0.312. The second kappa shape index (κ2) is 5.47. The van der Waals surface area contributed by atoms with Crippen LogP contribution in [0, 0.1) is 23.7 Å². The van der Waals surface area contributed by atoms with Gasteiger partial charge in [0.25, 0.3) is 5.91 Å². The Labute approximate surface area is 155 Å². The smallest absolute Gasteiger partial charge is 0.258 e. The molecule has 1 aliphatic heterocycles. The fourth-order valence-electron chi connectivity index (χ4n) is 6.40. The predicted octanol–water partition coefficient (Wildman–Crippen LogP) is 4.50. The van der Waals surface area contributed by atoms with Gasteiger partial charge in [-0.25, -0.2) is 0 Å². The third-order valence-electron chi connectivity index (χ3n) is 7.32. The van der Waals surface area contributed by atoms with Gasteiger partial charge in [-0.3, -0.25) is 9.80 Å². The molecule has 1 aromatic carbocycles. The second-order valence-corrected chi connectivity index (χ2v) is 9.75. The molecule has 0 atom stereocenters. The number of rotatable bonds is 3. The molecule has 1 amide bonds. The van der Waals surface area contributed by atoms with Crippen molar-refractivity contribution in [3.8, 4) is 0 Å². The molecule has 5 fully saturated rings. The Hall–Kier alpha value is -1.06. The lowest BCUT2D eigenvalue weighted by Crippen LogP contribution is -2.79. The summed E-state index contributed by atoms with van der Waals surface area (Å²) >= 11 is 6.17. The average molecular weight is 359 g/mol. The Morgan fingerprint density at radius 2 is 1.72 bits per heavy atom. The Balaban J connectivity index is 1.43. The van der Waals surface area contributed by atoms with Crippen LogP contribution < -0.4 is 0 Å². The van der Waals surface area contributed by atoms with Crippen LogP contribution in [0.3, 0.4) is 0 Å². The van der Waals surface area contributed by atoms with Crippen molar-refractivity contribution >= 4 is 17.5 Å². The lowest BCUT2D eigenvalue weighted by atomic mass is 9.53. The molecule has 1 aromatic rings. The topological polar surface area (TPSA) is 23.6 Å². The molecular weight excluding hydrogens is 332 g/mol. The van der Waals surface area contributed by atoms with E-state index in [1.54, 1.807) is 0 Å². The molecule has 4 heteroatoms. The van der Waals surface area contributed by atoms with Crippen LogP contribution in [0.2, 0.25) is 5.02 Å². The zero-order chi connectivity index (χ0) is 17.3. The number of hydrogen-bond acceptors (Lipinski definition) is 2. The number of halogens is 1. The maximum absolute atomic E-state index is 13.0. The summed E-state index contributed by atoms with van der Waals surface area (Å²) in [4.78, 5) is 13.0. The van der Waals surface area contributed by atoms with Gasteiger partial charge < -0.3 is 0 Å². The van der Waals surface area contributed by atoms with Crippen molar-refractivity contribution in [2.45, 2.75) is 64.1 Å². The second-order valence-electron chi connectivity index (χ2n) is 9.32. The van der Waals surface area contributed by atoms with Gasteiger partial charge in [0.2, 0.25) is 0 Å². The van der Waals surface area contributed by atoms with Crippen LogP contribution in [0.25, 0.3) is 0 Å². The largest absolute Gasteiger partial charge is 0.271 e. The SMILES string of the molecule is CC1(C)C(=O)N(C2C3CC4CC(C3)CC2C4)N1Cc1cccc(Cl)c1. The third-order valence-corrected chi connectivity index (χ3v) is 7.55. The van der Waals surface area contributed by atoms with E-state index in [9.17, 15) is 4.79 Å². The summed E-state index contributed by atoms with van der Waals surface area (Å²) in [5, 5.41) is 5.24. The molecule has 0 aromatic heterocycles. The molecule has 0 unspecified atom stereocenters. The molecule has 4 saturated carbocycles. The highest BCUT2D eigenvalue weighted by molar-refractivity contribution is 6.30. The van der Waals surface area contributed by atoms with Crippen molar-refractivity contribution in [2.75, 3.05) is 0 Å². The summed E-state index contributed by atoms with van der Waals surface area (Å²) < 4.78 is 0. The van der Waals surface area contributed by atoms with Crippen LogP contribution in [0.5, 0.6) is 0 Å². The van der Waals surface area contributed by atoms with Gasteiger partial charge in [0.1, 0.15) is 5.54 Å². The van der Waals surface area contributed by atoms with E-state index in [4.69, 9.17) is 11.6 Å². The number of amides is 1. The Kier molecular flexibility index (Phi) is 3.53. The highest BCUT2D eigenvalue weighted by Gasteiger charge is 2.60. The zero-order valence-electron chi connectivity index (χ0n) is 15.1. The number of carbonyl (C=O) groups excluding carboxylic acids is 1. The number of nitrogens with zero attached hydrogens (tertiary/aromatic N) is 2. The van der Waals surface area contributed by atoms with Gasteiger partial charge in [-0.15, -0.1) is 0 Å². The van der Waals surface area contributed by atoms with Crippen molar-refractivity contribution < 1.29 is 4.79 Å². The number of benzene rings is 1. The summed E-state index contributed by atoms with van der Waals surface area (Å²) in [6.45, 7) is 4.89. The monoisotopic (exact) mass is 358 g/mol. The van der Waals surface area contributed by atoms with Crippen molar-refractivity contribution in [1.82, 2.24) is 10.0 Å². The molecule has 0 radical (unpaired) electrons. The average Bonchev–Trinajstić information content (AvgIpc) is 2.56. The van der Waals surface area contributed by atoms with Crippen molar-refractivity contribution in [3.63, 3.8) is 0 Å². The predicted molar refractivity (Wildman–Crippen MR) is 98.8 cm³/mol. The summed E-state index contributed by atoms with van der Waals surface area (Å²) in [5.41, 5.74) is 0.777. The summed E-state index contributed by atoms with van der Waals surface area (Å²) in [7, 11) is 0. The standard InChI is InChI=1S/C21H27ClN2O/c1-21(2)20(25)24(23(21)12-13-4-3-5-18(22)11-13)19-16-7-14-6-15(9-16)10-17(19)8-14/h3-5,11,14-17,19H,6-10,12H2,1-2H3. The molecule has 1 heterocycles. The van der Waals surface area contributed by atoms with Crippen molar-refractivity contribution in [3.05, 3.63) is 34.9 Å². The van der Waals surface area contributed by atoms with E-state index in [2.05, 4.69) is 29.9 Å². The van der Waals surface area contributed by atoms with Gasteiger partial charge in [-0.05, 0) is 87.3 Å². The van der Waals surface area contributed by atoms with Crippen LogP contribution in [0.1, 0.15) is 51.5 Å². The van der Waals surface area contributed by atoms with E-state index in [0.717, 1.165) is 35.2 Å². The van der Waals surface area contributed by atoms with Gasteiger partial charge >= 0.3 is 0 Å². The van der Waals surface area contributed by atoms with Gasteiger partial charge in [0.15, 0.2) is 0 Å². The quantitative estimate of drug-likeness (QED) is 0.794. The van der Waals surface area contributed by atoms with Crippen LogP contribution in [0.4, 0.5) is 0 Å². The van der Waals surface area contributed by atoms with Crippen LogP contribution in [-0.2, 0) is 11.3 Å². The first-order chi connectivity index (χ1) is 11.9. The van der Waals surface area contributed by atoms with Crippen LogP contribution in [-0.4, -0.2) is 27.5 Å². The molecule has 5 aliphatic rings. The first-order valence-corrected chi connectivity index (χ1v) is 10.2. The molecule has 4 bridgehead atoms. The molecule has 25 heavy (non-hydrogen) atoms. The fraction of sp³-hybridized carbons (Fsp3) is 0.667. The Bertz CT molecular complexity index is 688. The first kappa shape index (κ1) is 16.1. The molecule has 0 N–H and O–H groups in total. The lowest BCUT2D eigenvalue weighted by molar-refractivity contribution is -0.251. The normalized spacial score (nSPS) is 38.9. The zero-order valence-corrected chi connectivity index (χ0v) is 15.9. The summed E-state index contributed by atoms with van der Waals surface area (Å²) in [6, 6.07) is 8.48. The molecule has 1 saturated heterocycles. The van der Waals surface area contributed by atoms with Crippen molar-refractivity contribution in [2.24, 2.45) is 23.7 Å². The Morgan fingerprint density at radius 3 is 2.32 bits per heavy atom. The number of hydrazine groups is 1. The summed E-state index contributed by atoms with van der Waals surface area (Å²) in [5.74, 6) is 3.62. The minimum atomic E-state index is -0.406. The van der Waals surface area contributed by atoms with Crippen LogP contribution >= 0.6 is 11.6 Å². The first-order valence-electron chi connectivity index (χ1n) is 9.79. The van der Waals surface area contributed by atoms with E-state index < -0.39 is 5.54 Å². The lowest BCUT2D eigenvalue weighted by Gasteiger charge is -2.65. The number of hydrogen-bond donors (Lipinski definition) is 0. The molecule has 6 rings (SSSR count). The third kappa shape index (κ3) is 2.39. The summed E-state index contributed by atoms with van der Waals surface area (Å²) in [6.07, 6.45) is 6.81. The van der Waals surface area contributed by atoms with E-state index in [1.807, 2.05) is 18.2 Å². The highest BCUT2D eigenvalue weighted by atomic mass is 35.5. The Morgan fingerprint density at radius 1 is 1.08 bits per heavy atom. The maximum atomic E-state index is 13.0. The van der Waals surface area contributed by atoms with E-state index in [1.165, 1.54) is 37.7 Å². The van der Waals surface area contributed by atoms with E-state index in [0.29, 0.717) is 11.9 Å². The minimum Gasteiger partial charge on any atom is -0.271 e. The molecular formula is C21H27ClN2O. The van der Waals surface area contributed by atoms with Gasteiger partial charge in [0.05, 0.1) is 6.04 Å². The maximum Gasteiger partial charge on any atom is 0.258 e. The molecule has 0 spiro atoms. The molecule has 3 nitrogen and oxygen atoms in total. The van der Waals surface area contributed by atoms with E-state index >= 15 is 0 Å². The van der Waals surface area contributed by atoms with Gasteiger partial charge in [-0.1, -0.05) is 23.7 Å². The molecule has 4 aliphatic carbocycles. The fourth-order valence-corrected chi connectivity index (χ4v) is 6.61. The van der Waals surface area contributed by atoms with E-state index in [-0.39, 0.29) is 0 Å².